The molecule has 10 heteroatoms. The van der Waals surface area contributed by atoms with Gasteiger partial charge in [0.25, 0.3) is 5.69 Å². The van der Waals surface area contributed by atoms with E-state index in [1.165, 1.54) is 19.2 Å². The number of nitrogens with zero attached hydrogens (tertiary/aromatic N) is 5. The summed E-state index contributed by atoms with van der Waals surface area (Å²) in [5.74, 6) is 1.44. The van der Waals surface area contributed by atoms with Crippen LogP contribution in [-0.2, 0) is 4.79 Å². The highest BCUT2D eigenvalue weighted by Crippen LogP contribution is 2.29. The molecule has 1 N–H and O–H groups in total. The van der Waals surface area contributed by atoms with E-state index in [4.69, 9.17) is 4.74 Å². The van der Waals surface area contributed by atoms with Crippen LogP contribution in [-0.4, -0.2) is 57.1 Å². The number of pyridine rings is 1. The molecule has 3 aromatic rings. The Kier molecular flexibility index (Phi) is 6.08. The first-order valence-electron chi connectivity index (χ1n) is 10.2. The van der Waals surface area contributed by atoms with Crippen molar-refractivity contribution in [1.29, 1.82) is 0 Å². The van der Waals surface area contributed by atoms with E-state index < -0.39 is 4.92 Å². The van der Waals surface area contributed by atoms with Crippen molar-refractivity contribution < 1.29 is 14.5 Å². The SMILES string of the molecule is COc1ccc(NC(=O)CCN2CCC(c3nnc4ccccn34)CC2)c([N+](=O)[O-])c1. The predicted octanol–water partition coefficient (Wildman–Crippen LogP) is 2.85. The van der Waals surface area contributed by atoms with Crippen LogP contribution < -0.4 is 10.1 Å². The summed E-state index contributed by atoms with van der Waals surface area (Å²) in [4.78, 5) is 25.3. The highest BCUT2D eigenvalue weighted by atomic mass is 16.6. The van der Waals surface area contributed by atoms with E-state index in [0.717, 1.165) is 37.4 Å². The number of nitro benzene ring substituents is 1. The number of hydrogen-bond donors (Lipinski definition) is 1. The largest absolute Gasteiger partial charge is 0.496 e. The van der Waals surface area contributed by atoms with Crippen molar-refractivity contribution in [3.8, 4) is 5.75 Å². The summed E-state index contributed by atoms with van der Waals surface area (Å²) < 4.78 is 7.05. The fraction of sp³-hybridized carbons (Fsp3) is 0.381. The summed E-state index contributed by atoms with van der Waals surface area (Å²) in [6.45, 7) is 2.33. The fourth-order valence-electron chi connectivity index (χ4n) is 3.92. The highest BCUT2D eigenvalue weighted by molar-refractivity contribution is 5.93. The predicted molar refractivity (Wildman–Crippen MR) is 114 cm³/mol. The molecule has 0 aliphatic carbocycles. The first-order chi connectivity index (χ1) is 15.0. The molecule has 0 saturated carbocycles. The van der Waals surface area contributed by atoms with Crippen LogP contribution in [0.2, 0.25) is 0 Å². The van der Waals surface area contributed by atoms with Gasteiger partial charge in [0, 0.05) is 25.1 Å². The third-order valence-electron chi connectivity index (χ3n) is 5.62. The van der Waals surface area contributed by atoms with Gasteiger partial charge in [-0.3, -0.25) is 19.3 Å². The van der Waals surface area contributed by atoms with Gasteiger partial charge in [-0.1, -0.05) is 6.07 Å². The highest BCUT2D eigenvalue weighted by Gasteiger charge is 2.25. The lowest BCUT2D eigenvalue weighted by Gasteiger charge is -2.30. The van der Waals surface area contributed by atoms with Crippen LogP contribution in [0.3, 0.4) is 0 Å². The van der Waals surface area contributed by atoms with Gasteiger partial charge in [0.2, 0.25) is 5.91 Å². The molecule has 0 spiro atoms. The van der Waals surface area contributed by atoms with Gasteiger partial charge < -0.3 is 15.0 Å². The molecule has 4 rings (SSSR count). The first kappa shape index (κ1) is 20.7. The van der Waals surface area contributed by atoms with Crippen molar-refractivity contribution in [2.75, 3.05) is 32.1 Å². The average Bonchev–Trinajstić information content (AvgIpc) is 3.22. The number of carbonyl (C=O) groups excluding carboxylic acids is 1. The summed E-state index contributed by atoms with van der Waals surface area (Å²) in [7, 11) is 1.44. The number of nitro groups is 1. The number of piperidine rings is 1. The Morgan fingerprint density at radius 2 is 2.06 bits per heavy atom. The third-order valence-corrected chi connectivity index (χ3v) is 5.62. The van der Waals surface area contributed by atoms with Crippen molar-refractivity contribution in [3.63, 3.8) is 0 Å². The molecule has 0 bridgehead atoms. The lowest BCUT2D eigenvalue weighted by atomic mass is 9.96. The number of rotatable bonds is 7. The topological polar surface area (TPSA) is 115 Å². The average molecular weight is 424 g/mol. The maximum Gasteiger partial charge on any atom is 0.296 e. The molecule has 1 aliphatic rings. The van der Waals surface area contributed by atoms with Gasteiger partial charge in [-0.15, -0.1) is 10.2 Å². The second-order valence-corrected chi connectivity index (χ2v) is 7.54. The van der Waals surface area contributed by atoms with E-state index in [0.29, 0.717) is 18.2 Å². The molecule has 10 nitrogen and oxygen atoms in total. The van der Waals surface area contributed by atoms with Crippen LogP contribution in [0.4, 0.5) is 11.4 Å². The number of carbonyl (C=O) groups is 1. The lowest BCUT2D eigenvalue weighted by Crippen LogP contribution is -2.35. The quantitative estimate of drug-likeness (QED) is 0.458. The van der Waals surface area contributed by atoms with E-state index in [1.54, 1.807) is 6.07 Å². The molecular formula is C21H24N6O4. The molecule has 0 atom stereocenters. The van der Waals surface area contributed by atoms with Crippen LogP contribution >= 0.6 is 0 Å². The van der Waals surface area contributed by atoms with Crippen LogP contribution in [0, 0.1) is 10.1 Å². The minimum absolute atomic E-state index is 0.174. The van der Waals surface area contributed by atoms with Crippen molar-refractivity contribution in [1.82, 2.24) is 19.5 Å². The van der Waals surface area contributed by atoms with Gasteiger partial charge in [0.15, 0.2) is 5.65 Å². The number of nitrogens with one attached hydrogen (secondary N) is 1. The van der Waals surface area contributed by atoms with E-state index in [1.807, 2.05) is 28.8 Å². The number of methoxy groups -OCH3 is 1. The van der Waals surface area contributed by atoms with Gasteiger partial charge in [0.1, 0.15) is 17.3 Å². The van der Waals surface area contributed by atoms with Gasteiger partial charge in [-0.05, 0) is 50.2 Å². The van der Waals surface area contributed by atoms with Crippen molar-refractivity contribution in [3.05, 3.63) is 58.5 Å². The molecule has 1 saturated heterocycles. The Hall–Kier alpha value is -3.53. The number of hydrogen-bond acceptors (Lipinski definition) is 7. The van der Waals surface area contributed by atoms with Gasteiger partial charge in [0.05, 0.1) is 18.1 Å². The van der Waals surface area contributed by atoms with E-state index >= 15 is 0 Å². The number of fused-ring (bicyclic) bond motifs is 1. The van der Waals surface area contributed by atoms with Gasteiger partial charge in [-0.2, -0.15) is 0 Å². The molecule has 1 amide bonds. The van der Waals surface area contributed by atoms with Crippen molar-refractivity contribution >= 4 is 22.9 Å². The Labute approximate surface area is 179 Å². The second kappa shape index (κ2) is 9.09. The van der Waals surface area contributed by atoms with Crippen LogP contribution in [0.5, 0.6) is 5.75 Å². The normalized spacial score (nSPS) is 15.1. The minimum atomic E-state index is -0.531. The van der Waals surface area contributed by atoms with Crippen LogP contribution in [0.15, 0.2) is 42.6 Å². The second-order valence-electron chi connectivity index (χ2n) is 7.54. The number of ether oxygens (including phenoxy) is 1. The summed E-state index contributed by atoms with van der Waals surface area (Å²) in [5.41, 5.74) is 0.839. The molecule has 162 valence electrons. The Bertz CT molecular complexity index is 1090. The van der Waals surface area contributed by atoms with E-state index in [2.05, 4.69) is 20.4 Å². The number of anilines is 1. The molecule has 0 unspecified atom stereocenters. The van der Waals surface area contributed by atoms with Crippen LogP contribution in [0.25, 0.3) is 5.65 Å². The molecule has 1 aliphatic heterocycles. The lowest BCUT2D eigenvalue weighted by molar-refractivity contribution is -0.384. The Balaban J connectivity index is 1.29. The van der Waals surface area contributed by atoms with Crippen LogP contribution in [0.1, 0.15) is 31.0 Å². The zero-order valence-corrected chi connectivity index (χ0v) is 17.2. The van der Waals surface area contributed by atoms with E-state index in [9.17, 15) is 14.9 Å². The number of aromatic nitrogens is 3. The molecule has 31 heavy (non-hydrogen) atoms. The maximum absolute atomic E-state index is 12.4. The molecule has 2 aromatic heterocycles. The first-order valence-corrected chi connectivity index (χ1v) is 10.2. The number of amides is 1. The zero-order chi connectivity index (χ0) is 21.8. The smallest absolute Gasteiger partial charge is 0.296 e. The molecule has 3 heterocycles. The minimum Gasteiger partial charge on any atom is -0.496 e. The molecule has 0 radical (unpaired) electrons. The third kappa shape index (κ3) is 4.64. The molecule has 1 aromatic carbocycles. The van der Waals surface area contributed by atoms with E-state index in [-0.39, 0.29) is 23.7 Å². The Morgan fingerprint density at radius 1 is 1.26 bits per heavy atom. The monoisotopic (exact) mass is 424 g/mol. The maximum atomic E-state index is 12.4. The van der Waals surface area contributed by atoms with Crippen molar-refractivity contribution in [2.24, 2.45) is 0 Å². The Morgan fingerprint density at radius 3 is 2.81 bits per heavy atom. The summed E-state index contributed by atoms with van der Waals surface area (Å²) >= 11 is 0. The summed E-state index contributed by atoms with van der Waals surface area (Å²) in [5, 5.41) is 22.5. The number of likely N-dealkylation sites (tertiary alicyclic amines) is 1. The molecular weight excluding hydrogens is 400 g/mol. The zero-order valence-electron chi connectivity index (χ0n) is 17.2. The molecule has 1 fully saturated rings. The standard InChI is InChI=1S/C21H24N6O4/c1-31-16-5-6-17(18(14-16)27(29)30)22-20(28)9-13-25-11-7-15(8-12-25)21-24-23-19-4-2-3-10-26(19)21/h2-6,10,14-15H,7-9,11-13H2,1H3,(H,22,28). The summed E-state index contributed by atoms with van der Waals surface area (Å²) in [6.07, 6.45) is 4.14. The number of benzene rings is 1. The van der Waals surface area contributed by atoms with Gasteiger partial charge >= 0.3 is 0 Å². The summed E-state index contributed by atoms with van der Waals surface area (Å²) in [6, 6.07) is 10.2. The fourth-order valence-corrected chi connectivity index (χ4v) is 3.92. The van der Waals surface area contributed by atoms with Gasteiger partial charge in [-0.25, -0.2) is 0 Å². The van der Waals surface area contributed by atoms with Crippen molar-refractivity contribution in [2.45, 2.75) is 25.2 Å².